The highest BCUT2D eigenvalue weighted by atomic mass is 35.5. The van der Waals surface area contributed by atoms with E-state index in [4.69, 9.17) is 11.6 Å². The number of hydrogen-bond donors (Lipinski definition) is 1. The van der Waals surface area contributed by atoms with E-state index < -0.39 is 0 Å². The Kier molecular flexibility index (Phi) is 4.45. The van der Waals surface area contributed by atoms with Crippen LogP contribution in [0.1, 0.15) is 24.8 Å². The molecule has 2 aromatic rings. The maximum absolute atomic E-state index is 12.0. The third kappa shape index (κ3) is 3.76. The van der Waals surface area contributed by atoms with Gasteiger partial charge in [-0.15, -0.1) is 11.6 Å². The van der Waals surface area contributed by atoms with Gasteiger partial charge in [0.15, 0.2) is 0 Å². The molecule has 0 aliphatic heterocycles. The average Bonchev–Trinajstić information content (AvgIpc) is 2.91. The zero-order valence-electron chi connectivity index (χ0n) is 12.0. The Morgan fingerprint density at radius 1 is 1.14 bits per heavy atom. The number of fused-ring (bicyclic) bond motifs is 1. The minimum atomic E-state index is 0.100. The SMILES string of the molecule is O=C(Cc1ccc2ccccc2c1)NCC1CCC(Cl)C1. The molecule has 0 radical (unpaired) electrons. The summed E-state index contributed by atoms with van der Waals surface area (Å²) in [4.78, 5) is 12.0. The molecular weight excluding hydrogens is 282 g/mol. The van der Waals surface area contributed by atoms with Crippen LogP contribution in [-0.2, 0) is 11.2 Å². The van der Waals surface area contributed by atoms with Crippen LogP contribution in [0.3, 0.4) is 0 Å². The van der Waals surface area contributed by atoms with Crippen molar-refractivity contribution in [3.05, 3.63) is 48.0 Å². The molecule has 2 nitrogen and oxygen atoms in total. The zero-order chi connectivity index (χ0) is 14.7. The van der Waals surface area contributed by atoms with Crippen molar-refractivity contribution in [3.8, 4) is 0 Å². The van der Waals surface area contributed by atoms with Crippen LogP contribution in [0.4, 0.5) is 0 Å². The number of carbonyl (C=O) groups excluding carboxylic acids is 1. The largest absolute Gasteiger partial charge is 0.356 e. The van der Waals surface area contributed by atoms with Gasteiger partial charge in [-0.25, -0.2) is 0 Å². The first-order valence-corrected chi connectivity index (χ1v) is 8.03. The lowest BCUT2D eigenvalue weighted by atomic mass is 10.0. The quantitative estimate of drug-likeness (QED) is 0.853. The second-order valence-corrected chi connectivity index (χ2v) is 6.56. The summed E-state index contributed by atoms with van der Waals surface area (Å²) in [7, 11) is 0. The summed E-state index contributed by atoms with van der Waals surface area (Å²) in [6, 6.07) is 14.4. The molecule has 1 saturated carbocycles. The molecule has 110 valence electrons. The number of halogens is 1. The highest BCUT2D eigenvalue weighted by molar-refractivity contribution is 6.20. The molecule has 1 aliphatic rings. The Labute approximate surface area is 130 Å². The van der Waals surface area contributed by atoms with E-state index in [2.05, 4.69) is 29.6 Å². The van der Waals surface area contributed by atoms with Crippen molar-refractivity contribution in [2.24, 2.45) is 5.92 Å². The van der Waals surface area contributed by atoms with Crippen LogP contribution in [0.15, 0.2) is 42.5 Å². The minimum Gasteiger partial charge on any atom is -0.356 e. The summed E-state index contributed by atoms with van der Waals surface area (Å²) >= 11 is 6.09. The standard InChI is InChI=1S/C18H20ClNO/c19-17-8-6-14(10-17)12-20-18(21)11-13-5-7-15-3-1-2-4-16(15)9-13/h1-5,7,9,14,17H,6,8,10-12H2,(H,20,21). The number of alkyl halides is 1. The van der Waals surface area contributed by atoms with Gasteiger partial charge in [0.1, 0.15) is 0 Å². The first-order chi connectivity index (χ1) is 10.2. The fourth-order valence-corrected chi connectivity index (χ4v) is 3.43. The Bertz CT molecular complexity index is 640. The summed E-state index contributed by atoms with van der Waals surface area (Å²) in [5.41, 5.74) is 1.06. The Hall–Kier alpha value is -1.54. The second kappa shape index (κ2) is 6.48. The van der Waals surface area contributed by atoms with Crippen LogP contribution in [0, 0.1) is 5.92 Å². The number of rotatable bonds is 4. The maximum Gasteiger partial charge on any atom is 0.224 e. The van der Waals surface area contributed by atoms with Crippen LogP contribution in [-0.4, -0.2) is 17.8 Å². The van der Waals surface area contributed by atoms with E-state index in [1.165, 1.54) is 10.8 Å². The predicted octanol–water partition coefficient (Wildman–Crippen LogP) is 3.91. The first-order valence-electron chi connectivity index (χ1n) is 7.59. The summed E-state index contributed by atoms with van der Waals surface area (Å²) in [5, 5.41) is 5.74. The molecule has 0 spiro atoms. The second-order valence-electron chi connectivity index (χ2n) is 5.94. The number of benzene rings is 2. The van der Waals surface area contributed by atoms with Crippen LogP contribution >= 0.6 is 11.6 Å². The van der Waals surface area contributed by atoms with Gasteiger partial charge in [-0.3, -0.25) is 4.79 Å². The molecule has 1 aliphatic carbocycles. The van der Waals surface area contributed by atoms with E-state index in [1.807, 2.05) is 18.2 Å². The van der Waals surface area contributed by atoms with Crippen LogP contribution in [0.2, 0.25) is 0 Å². The average molecular weight is 302 g/mol. The van der Waals surface area contributed by atoms with Gasteiger partial charge in [0.25, 0.3) is 0 Å². The van der Waals surface area contributed by atoms with E-state index in [-0.39, 0.29) is 5.91 Å². The highest BCUT2D eigenvalue weighted by Gasteiger charge is 2.22. The third-order valence-electron chi connectivity index (χ3n) is 4.24. The summed E-state index contributed by atoms with van der Waals surface area (Å²) in [6.07, 6.45) is 3.68. The molecule has 2 atom stereocenters. The van der Waals surface area contributed by atoms with Crippen molar-refractivity contribution in [1.82, 2.24) is 5.32 Å². The number of carbonyl (C=O) groups is 1. The fourth-order valence-electron chi connectivity index (χ4n) is 3.05. The number of nitrogens with one attached hydrogen (secondary N) is 1. The van der Waals surface area contributed by atoms with Crippen molar-refractivity contribution < 1.29 is 4.79 Å². The van der Waals surface area contributed by atoms with E-state index in [1.54, 1.807) is 0 Å². The maximum atomic E-state index is 12.0. The number of hydrogen-bond acceptors (Lipinski definition) is 1. The molecule has 21 heavy (non-hydrogen) atoms. The van der Waals surface area contributed by atoms with E-state index in [0.29, 0.717) is 17.7 Å². The van der Waals surface area contributed by atoms with Crippen LogP contribution in [0.25, 0.3) is 10.8 Å². The minimum absolute atomic E-state index is 0.100. The molecule has 3 heteroatoms. The number of amides is 1. The lowest BCUT2D eigenvalue weighted by Crippen LogP contribution is -2.29. The Balaban J connectivity index is 1.56. The summed E-state index contributed by atoms with van der Waals surface area (Å²) in [6.45, 7) is 0.760. The van der Waals surface area contributed by atoms with Gasteiger partial charge in [0.2, 0.25) is 5.91 Å². The van der Waals surface area contributed by atoms with Crippen molar-refractivity contribution in [1.29, 1.82) is 0 Å². The molecule has 1 N–H and O–H groups in total. The van der Waals surface area contributed by atoms with Gasteiger partial charge in [0, 0.05) is 11.9 Å². The van der Waals surface area contributed by atoms with Gasteiger partial charge in [-0.05, 0) is 41.5 Å². The third-order valence-corrected chi connectivity index (χ3v) is 4.64. The Morgan fingerprint density at radius 2 is 1.95 bits per heavy atom. The fraction of sp³-hybridized carbons (Fsp3) is 0.389. The van der Waals surface area contributed by atoms with E-state index >= 15 is 0 Å². The van der Waals surface area contributed by atoms with Gasteiger partial charge in [0.05, 0.1) is 6.42 Å². The van der Waals surface area contributed by atoms with Gasteiger partial charge >= 0.3 is 0 Å². The van der Waals surface area contributed by atoms with E-state index in [0.717, 1.165) is 31.4 Å². The normalized spacial score (nSPS) is 21.6. The molecule has 0 saturated heterocycles. The predicted molar refractivity (Wildman–Crippen MR) is 87.6 cm³/mol. The Morgan fingerprint density at radius 3 is 2.71 bits per heavy atom. The van der Waals surface area contributed by atoms with Gasteiger partial charge < -0.3 is 5.32 Å². The van der Waals surface area contributed by atoms with Crippen LogP contribution in [0.5, 0.6) is 0 Å². The molecule has 0 heterocycles. The molecule has 0 aromatic heterocycles. The van der Waals surface area contributed by atoms with Crippen molar-refractivity contribution >= 4 is 28.3 Å². The molecular formula is C18H20ClNO. The monoisotopic (exact) mass is 301 g/mol. The van der Waals surface area contributed by atoms with E-state index in [9.17, 15) is 4.79 Å². The van der Waals surface area contributed by atoms with Gasteiger partial charge in [-0.1, -0.05) is 42.5 Å². The summed E-state index contributed by atoms with van der Waals surface area (Å²) in [5.74, 6) is 0.649. The molecule has 1 fully saturated rings. The molecule has 0 bridgehead atoms. The lowest BCUT2D eigenvalue weighted by Gasteiger charge is -2.11. The van der Waals surface area contributed by atoms with Crippen molar-refractivity contribution in [2.45, 2.75) is 31.1 Å². The van der Waals surface area contributed by atoms with Crippen molar-refractivity contribution in [3.63, 3.8) is 0 Å². The molecule has 2 unspecified atom stereocenters. The molecule has 2 aromatic carbocycles. The lowest BCUT2D eigenvalue weighted by molar-refractivity contribution is -0.120. The van der Waals surface area contributed by atoms with Crippen LogP contribution < -0.4 is 5.32 Å². The highest BCUT2D eigenvalue weighted by Crippen LogP contribution is 2.28. The summed E-state index contributed by atoms with van der Waals surface area (Å²) < 4.78 is 0. The smallest absolute Gasteiger partial charge is 0.224 e. The topological polar surface area (TPSA) is 29.1 Å². The van der Waals surface area contributed by atoms with Gasteiger partial charge in [-0.2, -0.15) is 0 Å². The zero-order valence-corrected chi connectivity index (χ0v) is 12.8. The van der Waals surface area contributed by atoms with Crippen molar-refractivity contribution in [2.75, 3.05) is 6.54 Å². The molecule has 3 rings (SSSR count). The first kappa shape index (κ1) is 14.4. The molecule has 1 amide bonds.